The second-order valence-corrected chi connectivity index (χ2v) is 6.18. The monoisotopic (exact) mass is 323 g/mol. The Balaban J connectivity index is 1.61. The summed E-state index contributed by atoms with van der Waals surface area (Å²) in [4.78, 5) is 11.9. The van der Waals surface area contributed by atoms with Crippen LogP contribution in [0.15, 0.2) is 42.5 Å². The molecule has 5 heteroatoms. The van der Waals surface area contributed by atoms with Gasteiger partial charge in [0.1, 0.15) is 11.4 Å². The minimum absolute atomic E-state index is 0.222. The van der Waals surface area contributed by atoms with Crippen molar-refractivity contribution in [3.63, 3.8) is 0 Å². The van der Waals surface area contributed by atoms with Crippen LogP contribution in [0.2, 0.25) is 0 Å². The molecular formula is C19H17NO4. The largest absolute Gasteiger partial charge is 0.483 e. The van der Waals surface area contributed by atoms with Gasteiger partial charge in [-0.1, -0.05) is 12.1 Å². The summed E-state index contributed by atoms with van der Waals surface area (Å²) in [5.74, 6) is 1.08. The molecule has 0 saturated heterocycles. The van der Waals surface area contributed by atoms with Crippen LogP contribution in [-0.4, -0.2) is 18.2 Å². The van der Waals surface area contributed by atoms with E-state index >= 15 is 0 Å². The molecule has 0 unspecified atom stereocenters. The maximum absolute atomic E-state index is 11.9. The fourth-order valence-corrected chi connectivity index (χ4v) is 2.60. The molecule has 0 radical (unpaired) electrons. The molecule has 122 valence electrons. The van der Waals surface area contributed by atoms with E-state index in [1.165, 1.54) is 0 Å². The van der Waals surface area contributed by atoms with Crippen LogP contribution in [-0.2, 0) is 11.2 Å². The van der Waals surface area contributed by atoms with Crippen molar-refractivity contribution in [1.82, 2.24) is 0 Å². The summed E-state index contributed by atoms with van der Waals surface area (Å²) < 4.78 is 16.6. The van der Waals surface area contributed by atoms with Gasteiger partial charge in [0.2, 0.25) is 0 Å². The highest BCUT2D eigenvalue weighted by molar-refractivity contribution is 5.74. The van der Waals surface area contributed by atoms with E-state index in [0.717, 1.165) is 12.0 Å². The predicted molar refractivity (Wildman–Crippen MR) is 87.1 cm³/mol. The topological polar surface area (TPSA) is 68.5 Å². The number of hydrogen-bond donors (Lipinski definition) is 0. The van der Waals surface area contributed by atoms with Crippen LogP contribution in [0.25, 0.3) is 0 Å². The lowest BCUT2D eigenvalue weighted by Gasteiger charge is -2.18. The molecular weight excluding hydrogens is 306 g/mol. The third-order valence-electron chi connectivity index (χ3n) is 3.62. The Morgan fingerprint density at radius 2 is 2.00 bits per heavy atom. The first-order valence-corrected chi connectivity index (χ1v) is 7.61. The van der Waals surface area contributed by atoms with Gasteiger partial charge in [-0.05, 0) is 44.2 Å². The van der Waals surface area contributed by atoms with E-state index in [-0.39, 0.29) is 12.2 Å². The number of nitrogens with zero attached hydrogens (tertiary/aromatic N) is 1. The zero-order valence-corrected chi connectivity index (χ0v) is 13.5. The van der Waals surface area contributed by atoms with Crippen LogP contribution in [0.3, 0.4) is 0 Å². The Labute approximate surface area is 140 Å². The van der Waals surface area contributed by atoms with Crippen molar-refractivity contribution in [2.45, 2.75) is 25.9 Å². The number of carbonyl (C=O) groups is 1. The number of benzene rings is 2. The minimum atomic E-state index is -0.519. The molecule has 1 aliphatic heterocycles. The average molecular weight is 323 g/mol. The van der Waals surface area contributed by atoms with E-state index < -0.39 is 5.97 Å². The molecule has 0 bridgehead atoms. The van der Waals surface area contributed by atoms with E-state index in [2.05, 4.69) is 0 Å². The van der Waals surface area contributed by atoms with Crippen LogP contribution < -0.4 is 14.2 Å². The molecule has 0 N–H and O–H groups in total. The molecule has 0 aromatic heterocycles. The van der Waals surface area contributed by atoms with Gasteiger partial charge in [0.05, 0.1) is 11.6 Å². The smallest absolute Gasteiger partial charge is 0.349 e. The van der Waals surface area contributed by atoms with Gasteiger partial charge in [-0.2, -0.15) is 5.26 Å². The summed E-state index contributed by atoms with van der Waals surface area (Å²) in [6.45, 7) is 3.80. The molecule has 1 aliphatic rings. The van der Waals surface area contributed by atoms with Gasteiger partial charge in [-0.15, -0.1) is 0 Å². The van der Waals surface area contributed by atoms with Crippen molar-refractivity contribution in [3.05, 3.63) is 53.6 Å². The fraction of sp³-hybridized carbons (Fsp3) is 0.263. The molecule has 2 aromatic carbocycles. The molecule has 0 aliphatic carbocycles. The minimum Gasteiger partial charge on any atom is -0.483 e. The van der Waals surface area contributed by atoms with Gasteiger partial charge in [0, 0.05) is 12.0 Å². The number of rotatable bonds is 4. The summed E-state index contributed by atoms with van der Waals surface area (Å²) >= 11 is 0. The third-order valence-corrected chi connectivity index (χ3v) is 3.62. The molecule has 0 amide bonds. The van der Waals surface area contributed by atoms with E-state index in [4.69, 9.17) is 19.5 Å². The highest BCUT2D eigenvalue weighted by atomic mass is 16.6. The van der Waals surface area contributed by atoms with Crippen molar-refractivity contribution in [2.24, 2.45) is 0 Å². The number of hydrogen-bond acceptors (Lipinski definition) is 5. The number of para-hydroxylation sites is 1. The highest BCUT2D eigenvalue weighted by Crippen LogP contribution is 2.41. The maximum Gasteiger partial charge on any atom is 0.349 e. The lowest BCUT2D eigenvalue weighted by atomic mass is 10.0. The van der Waals surface area contributed by atoms with Crippen molar-refractivity contribution in [3.8, 4) is 23.3 Å². The molecule has 5 nitrogen and oxygen atoms in total. The summed E-state index contributed by atoms with van der Waals surface area (Å²) in [5.41, 5.74) is 1.30. The molecule has 3 rings (SSSR count). The van der Waals surface area contributed by atoms with Gasteiger partial charge < -0.3 is 14.2 Å². The second-order valence-electron chi connectivity index (χ2n) is 6.18. The Morgan fingerprint density at radius 1 is 1.25 bits per heavy atom. The van der Waals surface area contributed by atoms with Crippen LogP contribution in [0.4, 0.5) is 0 Å². The SMILES string of the molecule is CC1(C)Cc2cccc(OCC(=O)Oc3ccc(C#N)cc3)c2O1. The average Bonchev–Trinajstić information content (AvgIpc) is 2.88. The molecule has 2 aromatic rings. The van der Waals surface area contributed by atoms with Gasteiger partial charge >= 0.3 is 5.97 Å². The number of fused-ring (bicyclic) bond motifs is 1. The highest BCUT2D eigenvalue weighted by Gasteiger charge is 2.32. The zero-order valence-electron chi connectivity index (χ0n) is 13.5. The Morgan fingerprint density at radius 3 is 2.71 bits per heavy atom. The van der Waals surface area contributed by atoms with Gasteiger partial charge in [-0.3, -0.25) is 0 Å². The molecule has 24 heavy (non-hydrogen) atoms. The van der Waals surface area contributed by atoms with Crippen LogP contribution in [0, 0.1) is 11.3 Å². The third kappa shape index (κ3) is 3.49. The Kier molecular flexibility index (Phi) is 4.13. The summed E-state index contributed by atoms with van der Waals surface area (Å²) in [6.07, 6.45) is 0.801. The number of carbonyl (C=O) groups excluding carboxylic acids is 1. The van der Waals surface area contributed by atoms with Gasteiger partial charge in [-0.25, -0.2) is 4.79 Å². The number of nitriles is 1. The Hall–Kier alpha value is -3.00. The van der Waals surface area contributed by atoms with Crippen LogP contribution >= 0.6 is 0 Å². The summed E-state index contributed by atoms with van der Waals surface area (Å²) in [5, 5.41) is 8.74. The van der Waals surface area contributed by atoms with Crippen molar-refractivity contribution < 1.29 is 19.0 Å². The van der Waals surface area contributed by atoms with Crippen molar-refractivity contribution in [2.75, 3.05) is 6.61 Å². The quantitative estimate of drug-likeness (QED) is 0.638. The summed E-state index contributed by atoms with van der Waals surface area (Å²) in [6, 6.07) is 14.0. The molecule has 0 fully saturated rings. The predicted octanol–water partition coefficient (Wildman–Crippen LogP) is 3.26. The lowest BCUT2D eigenvalue weighted by molar-refractivity contribution is -0.136. The fourth-order valence-electron chi connectivity index (χ4n) is 2.60. The first-order chi connectivity index (χ1) is 11.5. The van der Waals surface area contributed by atoms with E-state index in [1.54, 1.807) is 30.3 Å². The Bertz CT molecular complexity index is 803. The first kappa shape index (κ1) is 15.9. The van der Waals surface area contributed by atoms with Gasteiger partial charge in [0.25, 0.3) is 0 Å². The number of ether oxygens (including phenoxy) is 3. The van der Waals surface area contributed by atoms with Crippen LogP contribution in [0.1, 0.15) is 25.0 Å². The standard InChI is InChI=1S/C19H17NO4/c1-19(2)10-14-4-3-5-16(18(14)24-19)22-12-17(21)23-15-8-6-13(11-20)7-9-15/h3-9H,10,12H2,1-2H3. The van der Waals surface area contributed by atoms with E-state index in [0.29, 0.717) is 22.8 Å². The molecule has 1 heterocycles. The maximum atomic E-state index is 11.9. The lowest BCUT2D eigenvalue weighted by Crippen LogP contribution is -2.25. The van der Waals surface area contributed by atoms with Gasteiger partial charge in [0.15, 0.2) is 18.1 Å². The molecule has 0 atom stereocenters. The van der Waals surface area contributed by atoms with E-state index in [1.807, 2.05) is 32.0 Å². The van der Waals surface area contributed by atoms with Crippen molar-refractivity contribution >= 4 is 5.97 Å². The molecule has 0 spiro atoms. The normalized spacial score (nSPS) is 14.2. The first-order valence-electron chi connectivity index (χ1n) is 7.61. The van der Waals surface area contributed by atoms with E-state index in [9.17, 15) is 4.79 Å². The summed E-state index contributed by atoms with van der Waals surface area (Å²) in [7, 11) is 0. The van der Waals surface area contributed by atoms with Crippen molar-refractivity contribution in [1.29, 1.82) is 5.26 Å². The zero-order chi connectivity index (χ0) is 17.2. The molecule has 0 saturated carbocycles. The second kappa shape index (κ2) is 6.25. The van der Waals surface area contributed by atoms with Crippen LogP contribution in [0.5, 0.6) is 17.2 Å². The number of esters is 1.